The first-order valence-electron chi connectivity index (χ1n) is 5.29. The number of hydrogen-bond donors (Lipinski definition) is 2. The standard InChI is InChI=1S/C13H14N2OS/c1-8-3-4-11(9(2)7-8)15-13(16)12-10(14)5-6-17-12/h3-7H,14H2,1-2H3,(H,15,16). The van der Waals surface area contributed by atoms with E-state index in [0.29, 0.717) is 10.6 Å². The van der Waals surface area contributed by atoms with Gasteiger partial charge in [0.25, 0.3) is 5.91 Å². The maximum atomic E-state index is 12.0. The third-order valence-corrected chi connectivity index (χ3v) is 3.46. The Morgan fingerprint density at radius 2 is 2.06 bits per heavy atom. The fourth-order valence-corrected chi connectivity index (χ4v) is 2.35. The molecule has 3 N–H and O–H groups in total. The second kappa shape index (κ2) is 4.59. The molecule has 0 unspecified atom stereocenters. The summed E-state index contributed by atoms with van der Waals surface area (Å²) in [7, 11) is 0. The van der Waals surface area contributed by atoms with Gasteiger partial charge in [-0.2, -0.15) is 0 Å². The summed E-state index contributed by atoms with van der Waals surface area (Å²) in [4.78, 5) is 12.5. The quantitative estimate of drug-likeness (QED) is 0.855. The average Bonchev–Trinajstić information content (AvgIpc) is 2.68. The predicted octanol–water partition coefficient (Wildman–Crippen LogP) is 3.20. The van der Waals surface area contributed by atoms with Crippen molar-refractivity contribution in [2.24, 2.45) is 0 Å². The summed E-state index contributed by atoms with van der Waals surface area (Å²) in [6.45, 7) is 4.00. The smallest absolute Gasteiger partial charge is 0.267 e. The molecule has 88 valence electrons. The first-order valence-corrected chi connectivity index (χ1v) is 6.17. The van der Waals surface area contributed by atoms with Gasteiger partial charge in [-0.1, -0.05) is 17.7 Å². The number of thiophene rings is 1. The van der Waals surface area contributed by atoms with Gasteiger partial charge in [-0.05, 0) is 36.9 Å². The Labute approximate surface area is 104 Å². The minimum atomic E-state index is -0.149. The van der Waals surface area contributed by atoms with E-state index < -0.39 is 0 Å². The fraction of sp³-hybridized carbons (Fsp3) is 0.154. The number of aryl methyl sites for hydroxylation is 2. The Kier molecular flexibility index (Phi) is 3.15. The molecule has 0 aliphatic carbocycles. The minimum absolute atomic E-state index is 0.149. The largest absolute Gasteiger partial charge is 0.397 e. The maximum Gasteiger partial charge on any atom is 0.267 e. The number of anilines is 2. The van der Waals surface area contributed by atoms with Crippen LogP contribution in [0.1, 0.15) is 20.8 Å². The highest BCUT2D eigenvalue weighted by Gasteiger charge is 2.12. The Morgan fingerprint density at radius 3 is 2.65 bits per heavy atom. The van der Waals surface area contributed by atoms with Crippen molar-refractivity contribution in [1.82, 2.24) is 0 Å². The highest BCUT2D eigenvalue weighted by atomic mass is 32.1. The molecule has 0 aliphatic heterocycles. The van der Waals surface area contributed by atoms with E-state index in [1.165, 1.54) is 16.9 Å². The average molecular weight is 246 g/mol. The second-order valence-electron chi connectivity index (χ2n) is 3.98. The van der Waals surface area contributed by atoms with E-state index in [4.69, 9.17) is 5.73 Å². The molecule has 0 saturated carbocycles. The molecular weight excluding hydrogens is 232 g/mol. The topological polar surface area (TPSA) is 55.1 Å². The van der Waals surface area contributed by atoms with Crippen molar-refractivity contribution in [1.29, 1.82) is 0 Å². The lowest BCUT2D eigenvalue weighted by Gasteiger charge is -2.08. The van der Waals surface area contributed by atoms with Crippen LogP contribution in [-0.2, 0) is 0 Å². The van der Waals surface area contributed by atoms with E-state index in [0.717, 1.165) is 11.3 Å². The molecular formula is C13H14N2OS. The van der Waals surface area contributed by atoms with Crippen molar-refractivity contribution in [2.75, 3.05) is 11.1 Å². The number of nitrogen functional groups attached to an aromatic ring is 1. The molecule has 2 aromatic rings. The molecule has 0 aliphatic rings. The zero-order valence-electron chi connectivity index (χ0n) is 9.78. The first kappa shape index (κ1) is 11.7. The fourth-order valence-electron chi connectivity index (χ4n) is 1.64. The summed E-state index contributed by atoms with van der Waals surface area (Å²) in [5, 5.41) is 4.68. The molecule has 0 saturated heterocycles. The van der Waals surface area contributed by atoms with E-state index in [-0.39, 0.29) is 5.91 Å². The van der Waals surface area contributed by atoms with Crippen molar-refractivity contribution in [3.8, 4) is 0 Å². The van der Waals surface area contributed by atoms with Crippen molar-refractivity contribution < 1.29 is 4.79 Å². The number of benzene rings is 1. The van der Waals surface area contributed by atoms with Gasteiger partial charge in [-0.15, -0.1) is 11.3 Å². The van der Waals surface area contributed by atoms with Gasteiger partial charge < -0.3 is 11.1 Å². The van der Waals surface area contributed by atoms with Gasteiger partial charge in [-0.25, -0.2) is 0 Å². The number of nitrogens with two attached hydrogens (primary N) is 1. The molecule has 1 amide bonds. The molecule has 1 heterocycles. The number of carbonyl (C=O) groups excluding carboxylic acids is 1. The van der Waals surface area contributed by atoms with Crippen LogP contribution in [-0.4, -0.2) is 5.91 Å². The molecule has 4 heteroatoms. The van der Waals surface area contributed by atoms with E-state index >= 15 is 0 Å². The van der Waals surface area contributed by atoms with E-state index in [2.05, 4.69) is 5.32 Å². The SMILES string of the molecule is Cc1ccc(NC(=O)c2sccc2N)c(C)c1. The van der Waals surface area contributed by atoms with Crippen molar-refractivity contribution in [3.63, 3.8) is 0 Å². The Morgan fingerprint density at radius 1 is 1.29 bits per heavy atom. The van der Waals surface area contributed by atoms with Gasteiger partial charge >= 0.3 is 0 Å². The van der Waals surface area contributed by atoms with Gasteiger partial charge in [0.15, 0.2) is 0 Å². The van der Waals surface area contributed by atoms with Gasteiger partial charge in [0.2, 0.25) is 0 Å². The molecule has 17 heavy (non-hydrogen) atoms. The van der Waals surface area contributed by atoms with Crippen molar-refractivity contribution in [2.45, 2.75) is 13.8 Å². The zero-order chi connectivity index (χ0) is 12.4. The van der Waals surface area contributed by atoms with Crippen LogP contribution in [0.4, 0.5) is 11.4 Å². The third kappa shape index (κ3) is 2.47. The first-order chi connectivity index (χ1) is 8.08. The normalized spacial score (nSPS) is 10.2. The number of amides is 1. The van der Waals surface area contributed by atoms with Crippen LogP contribution in [0.15, 0.2) is 29.6 Å². The summed E-state index contributed by atoms with van der Waals surface area (Å²) < 4.78 is 0. The molecule has 2 rings (SSSR count). The monoisotopic (exact) mass is 246 g/mol. The maximum absolute atomic E-state index is 12.0. The van der Waals surface area contributed by atoms with Crippen LogP contribution < -0.4 is 11.1 Å². The Balaban J connectivity index is 2.22. The molecule has 1 aromatic carbocycles. The lowest BCUT2D eigenvalue weighted by Crippen LogP contribution is -2.12. The van der Waals surface area contributed by atoms with Crippen LogP contribution in [0.3, 0.4) is 0 Å². The number of nitrogens with one attached hydrogen (secondary N) is 1. The molecule has 1 aromatic heterocycles. The van der Waals surface area contributed by atoms with Crippen LogP contribution in [0.5, 0.6) is 0 Å². The zero-order valence-corrected chi connectivity index (χ0v) is 10.6. The third-order valence-electron chi connectivity index (χ3n) is 2.53. The summed E-state index contributed by atoms with van der Waals surface area (Å²) >= 11 is 1.35. The Bertz CT molecular complexity index is 560. The molecule has 0 bridgehead atoms. The number of carbonyl (C=O) groups is 1. The van der Waals surface area contributed by atoms with Crippen LogP contribution in [0.2, 0.25) is 0 Å². The lowest BCUT2D eigenvalue weighted by atomic mass is 10.1. The molecule has 0 fully saturated rings. The molecule has 0 spiro atoms. The second-order valence-corrected chi connectivity index (χ2v) is 4.89. The highest BCUT2D eigenvalue weighted by Crippen LogP contribution is 2.22. The van der Waals surface area contributed by atoms with Gasteiger partial charge in [0.05, 0.1) is 5.69 Å². The molecule has 3 nitrogen and oxygen atoms in total. The summed E-state index contributed by atoms with van der Waals surface area (Å²) in [6.07, 6.45) is 0. The number of hydrogen-bond acceptors (Lipinski definition) is 3. The summed E-state index contributed by atoms with van der Waals surface area (Å²) in [5.41, 5.74) is 9.29. The van der Waals surface area contributed by atoms with E-state index in [1.807, 2.05) is 37.4 Å². The van der Waals surface area contributed by atoms with Gasteiger partial charge in [0, 0.05) is 5.69 Å². The van der Waals surface area contributed by atoms with Crippen molar-refractivity contribution in [3.05, 3.63) is 45.6 Å². The Hall–Kier alpha value is -1.81. The van der Waals surface area contributed by atoms with Gasteiger partial charge in [-0.3, -0.25) is 4.79 Å². The van der Waals surface area contributed by atoms with E-state index in [1.54, 1.807) is 6.07 Å². The lowest BCUT2D eigenvalue weighted by molar-refractivity contribution is 0.103. The highest BCUT2D eigenvalue weighted by molar-refractivity contribution is 7.12. The minimum Gasteiger partial charge on any atom is -0.397 e. The van der Waals surface area contributed by atoms with Gasteiger partial charge in [0.1, 0.15) is 4.88 Å². The summed E-state index contributed by atoms with van der Waals surface area (Å²) in [6, 6.07) is 7.65. The van der Waals surface area contributed by atoms with Crippen molar-refractivity contribution >= 4 is 28.6 Å². The molecule has 0 radical (unpaired) electrons. The predicted molar refractivity (Wildman–Crippen MR) is 72.6 cm³/mol. The number of rotatable bonds is 2. The summed E-state index contributed by atoms with van der Waals surface area (Å²) in [5.74, 6) is -0.149. The van der Waals surface area contributed by atoms with Crippen LogP contribution in [0.25, 0.3) is 0 Å². The van der Waals surface area contributed by atoms with E-state index in [9.17, 15) is 4.79 Å². The van der Waals surface area contributed by atoms with Crippen LogP contribution in [0, 0.1) is 13.8 Å². The molecule has 0 atom stereocenters. The van der Waals surface area contributed by atoms with Crippen LogP contribution >= 0.6 is 11.3 Å².